The normalized spacial score (nSPS) is 25.1. The molecule has 6 N–H and O–H groups in total. The molecule has 3 heterocycles. The monoisotopic (exact) mass is 656 g/mol. The van der Waals surface area contributed by atoms with Crippen molar-refractivity contribution in [3.05, 3.63) is 48.8 Å². The van der Waals surface area contributed by atoms with E-state index in [-0.39, 0.29) is 35.4 Å². The van der Waals surface area contributed by atoms with Crippen molar-refractivity contribution in [3.8, 4) is 11.6 Å². The lowest BCUT2D eigenvalue weighted by Crippen LogP contribution is -2.45. The number of hydrogen-bond donors (Lipinski definition) is 5. The van der Waals surface area contributed by atoms with Gasteiger partial charge < -0.3 is 35.1 Å². The first-order valence-electron chi connectivity index (χ1n) is 15.0. The number of hydrogen-bond acceptors (Lipinski definition) is 13. The van der Waals surface area contributed by atoms with Crippen LogP contribution in [-0.2, 0) is 23.4 Å². The number of nitrogens with two attached hydrogens (primary N) is 1. The van der Waals surface area contributed by atoms with E-state index in [4.69, 9.17) is 24.3 Å². The third-order valence-corrected chi connectivity index (χ3v) is 9.70. The Balaban J connectivity index is 1.27. The zero-order valence-corrected chi connectivity index (χ0v) is 26.4. The average Bonchev–Trinajstić information content (AvgIpc) is 3.71. The van der Waals surface area contributed by atoms with E-state index >= 15 is 0 Å². The summed E-state index contributed by atoms with van der Waals surface area (Å²) in [6.07, 6.45) is -0.840. The lowest BCUT2D eigenvalue weighted by Gasteiger charge is -2.28. The number of nitrogens with one attached hydrogen (secondary N) is 1. The molecular weight excluding hydrogens is 619 g/mol. The highest BCUT2D eigenvalue weighted by atomic mass is 31.2. The van der Waals surface area contributed by atoms with Crippen LogP contribution in [0.1, 0.15) is 39.8 Å². The number of carbonyl (C=O) groups is 1. The number of rotatable bonds is 12. The molecule has 6 rings (SSSR count). The fraction of sp³-hybridized carbons (Fsp3) is 0.467. The number of nitrogens with zero attached hydrogens (tertiary/aromatic N) is 4. The molecule has 15 nitrogen and oxygen atoms in total. The first-order chi connectivity index (χ1) is 21.9. The molecule has 46 heavy (non-hydrogen) atoms. The number of anilines is 1. The molecule has 0 spiro atoms. The first kappa shape index (κ1) is 32.1. The maximum absolute atomic E-state index is 14.5. The van der Waals surface area contributed by atoms with Crippen molar-refractivity contribution in [2.45, 2.75) is 63.7 Å². The molecule has 4 aromatic rings. The summed E-state index contributed by atoms with van der Waals surface area (Å²) in [7, 11) is -4.41. The number of aliphatic hydroxyl groups is 2. The summed E-state index contributed by atoms with van der Waals surface area (Å²) in [5, 5.41) is 36.9. The van der Waals surface area contributed by atoms with Crippen LogP contribution in [0, 0.1) is 11.8 Å². The van der Waals surface area contributed by atoms with Crippen molar-refractivity contribution in [2.75, 3.05) is 18.9 Å². The Labute approximate surface area is 264 Å². The van der Waals surface area contributed by atoms with Crippen molar-refractivity contribution in [1.82, 2.24) is 24.6 Å². The molecule has 1 aliphatic carbocycles. The minimum atomic E-state index is -4.41. The second-order valence-corrected chi connectivity index (χ2v) is 13.9. The van der Waals surface area contributed by atoms with E-state index in [0.29, 0.717) is 11.3 Å². The van der Waals surface area contributed by atoms with Crippen molar-refractivity contribution >= 4 is 41.6 Å². The van der Waals surface area contributed by atoms with Gasteiger partial charge in [-0.25, -0.2) is 9.55 Å². The number of benzene rings is 2. The second-order valence-electron chi connectivity index (χ2n) is 12.2. The molecule has 1 saturated carbocycles. The van der Waals surface area contributed by atoms with Crippen molar-refractivity contribution in [1.29, 1.82) is 0 Å². The van der Waals surface area contributed by atoms with Crippen LogP contribution in [0.4, 0.5) is 5.95 Å². The van der Waals surface area contributed by atoms with Gasteiger partial charge in [-0.05, 0) is 43.1 Å². The Bertz CT molecular complexity index is 1790. The Morgan fingerprint density at radius 3 is 2.67 bits per heavy atom. The molecule has 2 unspecified atom stereocenters. The van der Waals surface area contributed by atoms with Crippen LogP contribution in [0.25, 0.3) is 21.9 Å². The molecule has 2 fully saturated rings. The summed E-state index contributed by atoms with van der Waals surface area (Å²) in [5.41, 5.74) is 3.84. The van der Waals surface area contributed by atoms with Crippen molar-refractivity contribution in [2.24, 2.45) is 11.8 Å². The number of carbonyl (C=O) groups excluding carboxylic acids is 1. The maximum atomic E-state index is 14.5. The number of imidazole rings is 1. The van der Waals surface area contributed by atoms with Gasteiger partial charge in [-0.15, -0.1) is 0 Å². The minimum absolute atomic E-state index is 0.00766. The zero-order valence-electron chi connectivity index (χ0n) is 25.5. The topological polar surface area (TPSA) is 213 Å². The smallest absolute Gasteiger partial charge is 0.459 e. The highest BCUT2D eigenvalue weighted by Gasteiger charge is 2.54. The number of nitrogen functional groups attached to an aromatic ring is 1. The van der Waals surface area contributed by atoms with Crippen LogP contribution in [0.3, 0.4) is 0 Å². The molecule has 2 aliphatic rings. The van der Waals surface area contributed by atoms with Gasteiger partial charge >= 0.3 is 13.7 Å². The predicted molar refractivity (Wildman–Crippen MR) is 166 cm³/mol. The highest BCUT2D eigenvalue weighted by molar-refractivity contribution is 7.52. The Kier molecular flexibility index (Phi) is 8.65. The van der Waals surface area contributed by atoms with Crippen LogP contribution < -0.4 is 15.3 Å². The van der Waals surface area contributed by atoms with Crippen LogP contribution in [-0.4, -0.2) is 77.9 Å². The number of ether oxygens (including phenoxy) is 2. The molecule has 246 valence electrons. The lowest BCUT2D eigenvalue weighted by molar-refractivity contribution is -0.147. The largest absolute Gasteiger partial charge is 0.492 e. The minimum Gasteiger partial charge on any atom is -0.492 e. The summed E-state index contributed by atoms with van der Waals surface area (Å²) in [6, 6.07) is 11.5. The molecule has 1 aliphatic heterocycles. The van der Waals surface area contributed by atoms with E-state index in [2.05, 4.69) is 20.0 Å². The molecule has 0 radical (unpaired) electrons. The van der Waals surface area contributed by atoms with Crippen LogP contribution >= 0.6 is 7.75 Å². The summed E-state index contributed by atoms with van der Waals surface area (Å²) in [4.78, 5) is 25.0. The SMILES string of the molecule is CC(C)[C@H](NP(=O)(OC[C@H]1OC(n2cnc3c(O)nc(N)nc32)[C@](C)(O)[C@@H]1O)Oc1cccc2ccccc12)C(=O)OCC1CC1. The molecule has 6 atom stereocenters. The van der Waals surface area contributed by atoms with E-state index in [1.807, 2.05) is 24.3 Å². The Morgan fingerprint density at radius 1 is 1.20 bits per heavy atom. The average molecular weight is 657 g/mol. The number of aromatic nitrogens is 4. The molecule has 16 heteroatoms. The zero-order chi connectivity index (χ0) is 32.8. The van der Waals surface area contributed by atoms with E-state index in [1.165, 1.54) is 17.8 Å². The third kappa shape index (κ3) is 6.39. The maximum Gasteiger partial charge on any atom is 0.459 e. The van der Waals surface area contributed by atoms with Gasteiger partial charge in [0.2, 0.25) is 11.8 Å². The predicted octanol–water partition coefficient (Wildman–Crippen LogP) is 3.05. The summed E-state index contributed by atoms with van der Waals surface area (Å²) in [6.45, 7) is 4.63. The molecular formula is C30H37N6O9P. The molecule has 2 aromatic carbocycles. The standard InChI is InChI=1S/C30H37N6O9P/c1-16(2)22(27(39)42-13-17-11-12-17)35-46(41,45-20-10-6-8-18-7-4-5-9-19(18)20)43-14-21-24(37)30(3,40)28(44-21)36-15-32-23-25(36)33-29(31)34-26(23)38/h4-10,15-17,21-22,24,28,37,40H,11-14H2,1-3H3,(H,35,41)(H3,31,33,34,38)/t21-,22+,24-,28?,30-,46?/m1/s1. The number of fused-ring (bicyclic) bond motifs is 2. The van der Waals surface area contributed by atoms with E-state index in [1.54, 1.807) is 32.0 Å². The Morgan fingerprint density at radius 2 is 1.93 bits per heavy atom. The molecule has 1 saturated heterocycles. The van der Waals surface area contributed by atoms with Crippen LogP contribution in [0.15, 0.2) is 48.8 Å². The second kappa shape index (κ2) is 12.4. The van der Waals surface area contributed by atoms with Gasteiger partial charge in [0.05, 0.1) is 19.5 Å². The summed E-state index contributed by atoms with van der Waals surface area (Å²) < 4.78 is 39.3. The molecule has 2 aromatic heterocycles. The Hall–Kier alpha value is -3.85. The van der Waals surface area contributed by atoms with Crippen molar-refractivity contribution < 1.29 is 43.2 Å². The van der Waals surface area contributed by atoms with E-state index in [9.17, 15) is 24.7 Å². The highest BCUT2D eigenvalue weighted by Crippen LogP contribution is 2.49. The van der Waals surface area contributed by atoms with Crippen LogP contribution in [0.2, 0.25) is 0 Å². The summed E-state index contributed by atoms with van der Waals surface area (Å²) >= 11 is 0. The van der Waals surface area contributed by atoms with Gasteiger partial charge in [0.15, 0.2) is 17.4 Å². The molecule has 0 bridgehead atoms. The quantitative estimate of drug-likeness (QED) is 0.110. The van der Waals surface area contributed by atoms with Gasteiger partial charge in [-0.1, -0.05) is 50.2 Å². The number of esters is 1. The fourth-order valence-electron chi connectivity index (χ4n) is 5.35. The van der Waals surface area contributed by atoms with Gasteiger partial charge in [-0.2, -0.15) is 15.1 Å². The first-order valence-corrected chi connectivity index (χ1v) is 16.5. The van der Waals surface area contributed by atoms with Crippen molar-refractivity contribution in [3.63, 3.8) is 0 Å². The third-order valence-electron chi connectivity index (χ3n) is 8.18. The van der Waals surface area contributed by atoms with Gasteiger partial charge in [0.25, 0.3) is 0 Å². The number of aliphatic hydroxyl groups excluding tert-OH is 1. The van der Waals surface area contributed by atoms with Gasteiger partial charge in [0.1, 0.15) is 29.6 Å². The molecule has 0 amide bonds. The fourth-order valence-corrected chi connectivity index (χ4v) is 7.04. The van der Waals surface area contributed by atoms with Gasteiger partial charge in [0, 0.05) is 5.39 Å². The number of aromatic hydroxyl groups is 1. The van der Waals surface area contributed by atoms with E-state index < -0.39 is 56.3 Å². The lowest BCUT2D eigenvalue weighted by atomic mass is 9.96. The summed E-state index contributed by atoms with van der Waals surface area (Å²) in [5.74, 6) is -1.09. The van der Waals surface area contributed by atoms with E-state index in [0.717, 1.165) is 18.2 Å². The van der Waals surface area contributed by atoms with Gasteiger partial charge in [-0.3, -0.25) is 13.9 Å². The van der Waals surface area contributed by atoms with Crippen LogP contribution in [0.5, 0.6) is 11.6 Å².